The van der Waals surface area contributed by atoms with Crippen LogP contribution in [0.25, 0.3) is 76.0 Å². The molecule has 3 aromatic heterocycles. The smallest absolute Gasteiger partial charge is 0.219 e. The third kappa shape index (κ3) is 3.67. The first-order valence-corrected chi connectivity index (χ1v) is 14.4. The molecule has 6 aromatic carbocycles. The fourth-order valence-electron chi connectivity index (χ4n) is 6.51. The van der Waals surface area contributed by atoms with Crippen molar-refractivity contribution in [3.63, 3.8) is 0 Å². The number of pyridine rings is 3. The van der Waals surface area contributed by atoms with Crippen LogP contribution in [0.3, 0.4) is 0 Å². The van der Waals surface area contributed by atoms with Gasteiger partial charge in [0, 0.05) is 51.6 Å². The SMILES string of the molecule is c1ccc2c(c1)cc(-c1c3ccccc3c(Oc3ccc4ccc5cccnc5c4n3)c3ccncc13)c1ccccc12. The number of fused-ring (bicyclic) bond motifs is 8. The van der Waals surface area contributed by atoms with Gasteiger partial charge in [0.2, 0.25) is 5.88 Å². The van der Waals surface area contributed by atoms with Crippen molar-refractivity contribution in [2.75, 3.05) is 0 Å². The van der Waals surface area contributed by atoms with Gasteiger partial charge in [0.25, 0.3) is 0 Å². The van der Waals surface area contributed by atoms with Gasteiger partial charge >= 0.3 is 0 Å². The number of hydrogen-bond acceptors (Lipinski definition) is 4. The molecular weight excluding hydrogens is 526 g/mol. The highest BCUT2D eigenvalue weighted by molar-refractivity contribution is 6.23. The van der Waals surface area contributed by atoms with E-state index in [1.165, 1.54) is 27.1 Å². The van der Waals surface area contributed by atoms with Crippen LogP contribution in [0.5, 0.6) is 11.6 Å². The summed E-state index contributed by atoms with van der Waals surface area (Å²) in [6.45, 7) is 0. The van der Waals surface area contributed by atoms with E-state index in [0.717, 1.165) is 54.7 Å². The molecule has 0 radical (unpaired) electrons. The van der Waals surface area contributed by atoms with Crippen molar-refractivity contribution in [2.24, 2.45) is 0 Å². The summed E-state index contributed by atoms with van der Waals surface area (Å²) in [6, 6.07) is 42.2. The average Bonchev–Trinajstić information content (AvgIpc) is 3.08. The molecule has 0 unspecified atom stereocenters. The molecule has 0 amide bonds. The topological polar surface area (TPSA) is 47.9 Å². The van der Waals surface area contributed by atoms with E-state index in [-0.39, 0.29) is 0 Å². The minimum Gasteiger partial charge on any atom is -0.438 e. The second kappa shape index (κ2) is 9.33. The van der Waals surface area contributed by atoms with Crippen molar-refractivity contribution in [3.05, 3.63) is 140 Å². The van der Waals surface area contributed by atoms with Crippen molar-refractivity contribution < 1.29 is 4.74 Å². The lowest BCUT2D eigenvalue weighted by molar-refractivity contribution is 0.475. The fraction of sp³-hybridized carbons (Fsp3) is 0. The molecule has 4 nitrogen and oxygen atoms in total. The summed E-state index contributed by atoms with van der Waals surface area (Å²) >= 11 is 0. The van der Waals surface area contributed by atoms with E-state index >= 15 is 0 Å². The maximum atomic E-state index is 6.74. The van der Waals surface area contributed by atoms with Crippen LogP contribution in [0.2, 0.25) is 0 Å². The summed E-state index contributed by atoms with van der Waals surface area (Å²) in [7, 11) is 0. The number of benzene rings is 6. The Morgan fingerprint density at radius 2 is 1.14 bits per heavy atom. The van der Waals surface area contributed by atoms with E-state index < -0.39 is 0 Å². The highest BCUT2D eigenvalue weighted by Crippen LogP contribution is 2.47. The lowest BCUT2D eigenvalue weighted by Gasteiger charge is -2.19. The van der Waals surface area contributed by atoms with Gasteiger partial charge in [-0.05, 0) is 62.3 Å². The van der Waals surface area contributed by atoms with Crippen molar-refractivity contribution in [1.29, 1.82) is 0 Å². The van der Waals surface area contributed by atoms with Crippen LogP contribution in [0, 0.1) is 0 Å². The molecule has 4 heteroatoms. The first kappa shape index (κ1) is 23.8. The first-order valence-electron chi connectivity index (χ1n) is 14.4. The quantitative estimate of drug-likeness (QED) is 0.162. The first-order chi connectivity index (χ1) is 21.3. The van der Waals surface area contributed by atoms with Crippen molar-refractivity contribution in [3.8, 4) is 22.8 Å². The van der Waals surface area contributed by atoms with Crippen LogP contribution in [0.4, 0.5) is 0 Å². The Kier molecular flexibility index (Phi) is 5.16. The molecule has 9 rings (SSSR count). The molecule has 43 heavy (non-hydrogen) atoms. The monoisotopic (exact) mass is 549 g/mol. The number of hydrogen-bond donors (Lipinski definition) is 0. The number of ether oxygens (including phenoxy) is 1. The van der Waals surface area contributed by atoms with Crippen molar-refractivity contribution in [1.82, 2.24) is 15.0 Å². The molecule has 0 saturated carbocycles. The third-order valence-corrected chi connectivity index (χ3v) is 8.43. The van der Waals surface area contributed by atoms with Crippen LogP contribution >= 0.6 is 0 Å². The van der Waals surface area contributed by atoms with Gasteiger partial charge in [0.1, 0.15) is 11.3 Å². The van der Waals surface area contributed by atoms with E-state index in [0.29, 0.717) is 5.88 Å². The molecule has 0 atom stereocenters. The van der Waals surface area contributed by atoms with Gasteiger partial charge in [-0.15, -0.1) is 0 Å². The van der Waals surface area contributed by atoms with Crippen LogP contribution in [-0.2, 0) is 0 Å². The van der Waals surface area contributed by atoms with Gasteiger partial charge in [-0.2, -0.15) is 0 Å². The molecule has 0 bridgehead atoms. The molecule has 0 N–H and O–H groups in total. The third-order valence-electron chi connectivity index (χ3n) is 8.43. The predicted octanol–water partition coefficient (Wildman–Crippen LogP) is 10.3. The van der Waals surface area contributed by atoms with Crippen molar-refractivity contribution in [2.45, 2.75) is 0 Å². The molecular formula is C39H23N3O. The van der Waals surface area contributed by atoms with Gasteiger partial charge < -0.3 is 4.74 Å². The van der Waals surface area contributed by atoms with Gasteiger partial charge in [-0.25, -0.2) is 4.98 Å². The Morgan fingerprint density at radius 3 is 2.02 bits per heavy atom. The van der Waals surface area contributed by atoms with Gasteiger partial charge in [0.15, 0.2) is 0 Å². The second-order valence-electron chi connectivity index (χ2n) is 10.8. The molecule has 0 fully saturated rings. The summed E-state index contributed by atoms with van der Waals surface area (Å²) in [4.78, 5) is 14.2. The van der Waals surface area contributed by atoms with Crippen LogP contribution < -0.4 is 4.74 Å². The molecule has 0 aliphatic carbocycles. The number of aromatic nitrogens is 3. The van der Waals surface area contributed by atoms with E-state index in [4.69, 9.17) is 9.72 Å². The summed E-state index contributed by atoms with van der Waals surface area (Å²) in [6.07, 6.45) is 5.59. The zero-order chi connectivity index (χ0) is 28.3. The molecule has 3 heterocycles. The summed E-state index contributed by atoms with van der Waals surface area (Å²) in [5.41, 5.74) is 4.01. The van der Waals surface area contributed by atoms with Gasteiger partial charge in [-0.3, -0.25) is 9.97 Å². The second-order valence-corrected chi connectivity index (χ2v) is 10.8. The number of rotatable bonds is 3. The summed E-state index contributed by atoms with van der Waals surface area (Å²) in [5.74, 6) is 1.29. The fourth-order valence-corrected chi connectivity index (χ4v) is 6.51. The van der Waals surface area contributed by atoms with E-state index in [9.17, 15) is 0 Å². The normalized spacial score (nSPS) is 11.7. The van der Waals surface area contributed by atoms with Crippen LogP contribution in [-0.4, -0.2) is 15.0 Å². The minimum absolute atomic E-state index is 0.526. The van der Waals surface area contributed by atoms with Crippen LogP contribution in [0.15, 0.2) is 140 Å². The predicted molar refractivity (Wildman–Crippen MR) is 177 cm³/mol. The van der Waals surface area contributed by atoms with Crippen molar-refractivity contribution >= 4 is 64.9 Å². The Labute approximate surface area is 246 Å². The Bertz CT molecular complexity index is 2500. The highest BCUT2D eigenvalue weighted by atomic mass is 16.5. The standard InChI is InChI=1S/C39H23N3O/c1-2-10-27-26(8-1)22-33(29-12-4-3-11-28(27)29)36-30-13-5-6-14-31(30)39(32-19-21-40-23-34(32)36)43-35-18-17-25-16-15-24-9-7-20-41-37(24)38(25)42-35/h1-23H. The summed E-state index contributed by atoms with van der Waals surface area (Å²) in [5, 5.41) is 11.1. The van der Waals surface area contributed by atoms with Gasteiger partial charge in [-0.1, -0.05) is 91.0 Å². The lowest BCUT2D eigenvalue weighted by atomic mass is 9.87. The molecule has 0 aliphatic heterocycles. The average molecular weight is 550 g/mol. The van der Waals surface area contributed by atoms with Crippen LogP contribution in [0.1, 0.15) is 0 Å². The zero-order valence-electron chi connectivity index (χ0n) is 23.0. The molecule has 0 aliphatic rings. The van der Waals surface area contributed by atoms with E-state index in [2.05, 4.69) is 107 Å². The maximum absolute atomic E-state index is 6.74. The molecule has 0 spiro atoms. The molecule has 9 aromatic rings. The van der Waals surface area contributed by atoms with E-state index in [1.807, 2.05) is 36.7 Å². The Balaban J connectivity index is 1.33. The maximum Gasteiger partial charge on any atom is 0.219 e. The lowest BCUT2D eigenvalue weighted by Crippen LogP contribution is -1.95. The molecule has 200 valence electrons. The summed E-state index contributed by atoms with van der Waals surface area (Å²) < 4.78 is 6.74. The van der Waals surface area contributed by atoms with Gasteiger partial charge in [0.05, 0.1) is 5.52 Å². The largest absolute Gasteiger partial charge is 0.438 e. The zero-order valence-corrected chi connectivity index (χ0v) is 23.0. The van der Waals surface area contributed by atoms with E-state index in [1.54, 1.807) is 6.20 Å². The highest BCUT2D eigenvalue weighted by Gasteiger charge is 2.20. The Morgan fingerprint density at radius 1 is 0.465 bits per heavy atom. The minimum atomic E-state index is 0.526. The molecule has 0 saturated heterocycles. The Hall–Kier alpha value is -5.87. The number of nitrogens with zero attached hydrogens (tertiary/aromatic N) is 3.